The molecular formula is C50H33NO. The second-order valence-corrected chi connectivity index (χ2v) is 11.6. The van der Waals surface area contributed by atoms with Crippen LogP contribution < -0.4 is 4.90 Å². The lowest BCUT2D eigenvalue weighted by Crippen LogP contribution is -2.10. The predicted octanol–water partition coefficient (Wildman–Crippen LogP) is 14.4. The summed E-state index contributed by atoms with van der Waals surface area (Å²) in [5, 5.41) is -0.106. The summed E-state index contributed by atoms with van der Waals surface area (Å²) in [6, 6.07) is 1.35. The van der Waals surface area contributed by atoms with Crippen molar-refractivity contribution in [3.05, 3.63) is 200 Å². The minimum Gasteiger partial charge on any atom is -0.455 e. The van der Waals surface area contributed by atoms with E-state index in [0.29, 0.717) is 11.1 Å². The molecule has 0 radical (unpaired) electrons. The van der Waals surface area contributed by atoms with Gasteiger partial charge >= 0.3 is 0 Å². The average molecular weight is 686 g/mol. The summed E-state index contributed by atoms with van der Waals surface area (Å²) in [4.78, 5) is 0.970. The maximum atomic E-state index is 9.94. The van der Waals surface area contributed by atoms with Gasteiger partial charge < -0.3 is 9.32 Å². The Morgan fingerprint density at radius 1 is 0.404 bits per heavy atom. The van der Waals surface area contributed by atoms with Gasteiger partial charge in [0.05, 0.1) is 30.2 Å². The summed E-state index contributed by atoms with van der Waals surface area (Å²) in [6.07, 6.45) is 0. The third-order valence-electron chi connectivity index (χ3n) is 8.62. The molecule has 1 aromatic heterocycles. The van der Waals surface area contributed by atoms with Gasteiger partial charge in [0.1, 0.15) is 11.2 Å². The summed E-state index contributed by atoms with van der Waals surface area (Å²) in [5.41, 5.74) is -3.77. The molecule has 0 amide bonds. The summed E-state index contributed by atoms with van der Waals surface area (Å²) in [6.45, 7) is 0. The van der Waals surface area contributed by atoms with Gasteiger partial charge in [0.2, 0.25) is 0 Å². The lowest BCUT2D eigenvalue weighted by molar-refractivity contribution is 0.670. The van der Waals surface area contributed by atoms with Crippen molar-refractivity contribution in [2.45, 2.75) is 0 Å². The number of furan rings is 1. The fourth-order valence-corrected chi connectivity index (χ4v) is 6.28. The Kier molecular flexibility index (Phi) is 3.63. The van der Waals surface area contributed by atoms with Gasteiger partial charge in [0.25, 0.3) is 0 Å². The van der Waals surface area contributed by atoms with E-state index in [1.165, 1.54) is 6.07 Å². The number of rotatable bonds is 6. The molecule has 2 heteroatoms. The van der Waals surface area contributed by atoms with Crippen LogP contribution >= 0.6 is 0 Å². The first-order chi connectivity index (χ1) is 35.0. The van der Waals surface area contributed by atoms with Crippen LogP contribution in [0.1, 0.15) is 30.2 Å². The van der Waals surface area contributed by atoms with Crippen LogP contribution in [0.5, 0.6) is 0 Å². The number of fused-ring (bicyclic) bond motifs is 5. The minimum atomic E-state index is -0.929. The largest absolute Gasteiger partial charge is 0.455 e. The van der Waals surface area contributed by atoms with Crippen LogP contribution in [0.4, 0.5) is 17.1 Å². The molecule has 0 unspecified atom stereocenters. The van der Waals surface area contributed by atoms with Gasteiger partial charge in [-0.3, -0.25) is 0 Å². The minimum absolute atomic E-state index is 0.0502. The number of hydrogen-bond donors (Lipinski definition) is 0. The Morgan fingerprint density at radius 2 is 1.13 bits per heavy atom. The van der Waals surface area contributed by atoms with Gasteiger partial charge in [-0.1, -0.05) is 157 Å². The third kappa shape index (κ3) is 5.12. The van der Waals surface area contributed by atoms with Gasteiger partial charge in [-0.15, -0.1) is 0 Å². The molecule has 0 saturated heterocycles. The standard InChI is InChI=1S/C50H33NO/c1-3-20-42-34(12-1)14-9-23-44(42)37-16-7-18-40(32-37)51(41-19-8-17-38(33-41)45-24-10-15-35-13-2-4-21-43(35)45)39-30-28-36(29-31-39)46-25-11-26-48-47-22-5-6-27-49(47)52-50(46)48/h1-33H/i1D,3D,5D,6D,7D,9D,11D,12D,14D,16D,18D,20D,22D,23D,25D,26D,27D,28D,29D,30D,31D,32D. The Bertz CT molecular complexity index is 4150. The average Bonchev–Trinajstić information content (AvgIpc) is 3.80. The molecule has 0 bridgehead atoms. The smallest absolute Gasteiger partial charge is 0.143 e. The van der Waals surface area contributed by atoms with Crippen LogP contribution in [0, 0.1) is 0 Å². The zero-order valence-electron chi connectivity index (χ0n) is 48.7. The molecule has 0 saturated carbocycles. The molecular weight excluding hydrogens is 631 g/mol. The van der Waals surface area contributed by atoms with Gasteiger partial charge in [-0.25, -0.2) is 0 Å². The molecule has 0 aliphatic carbocycles. The molecule has 244 valence electrons. The Morgan fingerprint density at radius 3 is 2.08 bits per heavy atom. The third-order valence-corrected chi connectivity index (χ3v) is 8.62. The van der Waals surface area contributed by atoms with E-state index < -0.39 is 189 Å². The highest BCUT2D eigenvalue weighted by Gasteiger charge is 2.17. The Labute approximate surface area is 333 Å². The van der Waals surface area contributed by atoms with Crippen molar-refractivity contribution >= 4 is 60.5 Å². The van der Waals surface area contributed by atoms with Crippen molar-refractivity contribution in [1.82, 2.24) is 0 Å². The Hall–Kier alpha value is -6.90. The van der Waals surface area contributed by atoms with Crippen molar-refractivity contribution in [2.24, 2.45) is 0 Å². The van der Waals surface area contributed by atoms with Gasteiger partial charge in [0.15, 0.2) is 0 Å². The van der Waals surface area contributed by atoms with E-state index in [2.05, 4.69) is 0 Å². The molecule has 10 rings (SSSR count). The highest BCUT2D eigenvalue weighted by Crippen LogP contribution is 2.42. The molecule has 0 aliphatic rings. The zero-order chi connectivity index (χ0) is 53.6. The lowest BCUT2D eigenvalue weighted by Gasteiger charge is -2.27. The van der Waals surface area contributed by atoms with Crippen LogP contribution in [0.15, 0.2) is 204 Å². The van der Waals surface area contributed by atoms with Crippen LogP contribution in [0.3, 0.4) is 0 Å². The van der Waals surface area contributed by atoms with E-state index in [0.717, 1.165) is 15.7 Å². The fourth-order valence-electron chi connectivity index (χ4n) is 6.28. The molecule has 0 fully saturated rings. The summed E-state index contributed by atoms with van der Waals surface area (Å²) in [5.74, 6) is 0. The van der Waals surface area contributed by atoms with Crippen molar-refractivity contribution in [3.8, 4) is 33.4 Å². The molecule has 52 heavy (non-hydrogen) atoms. The first kappa shape index (κ1) is 15.1. The first-order valence-corrected chi connectivity index (χ1v) is 16.0. The van der Waals surface area contributed by atoms with E-state index in [-0.39, 0.29) is 16.5 Å². The monoisotopic (exact) mass is 685 g/mol. The molecule has 1 heterocycles. The summed E-state index contributed by atoms with van der Waals surface area (Å²) in [7, 11) is 0. The zero-order valence-corrected chi connectivity index (χ0v) is 26.7. The predicted molar refractivity (Wildman–Crippen MR) is 220 cm³/mol. The summed E-state index contributed by atoms with van der Waals surface area (Å²) >= 11 is 0. The van der Waals surface area contributed by atoms with Crippen LogP contribution in [-0.2, 0) is 0 Å². The van der Waals surface area contributed by atoms with Gasteiger partial charge in [-0.2, -0.15) is 0 Å². The molecule has 10 aromatic rings. The second-order valence-electron chi connectivity index (χ2n) is 11.6. The van der Waals surface area contributed by atoms with Crippen LogP contribution in [0.25, 0.3) is 76.9 Å². The maximum absolute atomic E-state index is 9.94. The number of benzene rings is 9. The molecule has 0 spiro atoms. The second kappa shape index (κ2) is 12.5. The van der Waals surface area contributed by atoms with Gasteiger partial charge in [-0.05, 0) is 91.7 Å². The first-order valence-electron chi connectivity index (χ1n) is 27.0. The highest BCUT2D eigenvalue weighted by atomic mass is 16.3. The van der Waals surface area contributed by atoms with Gasteiger partial charge in [0, 0.05) is 33.4 Å². The number of para-hydroxylation sites is 2. The molecule has 0 N–H and O–H groups in total. The molecule has 0 aliphatic heterocycles. The lowest BCUT2D eigenvalue weighted by atomic mass is 9.96. The molecule has 9 aromatic carbocycles. The van der Waals surface area contributed by atoms with Crippen molar-refractivity contribution in [2.75, 3.05) is 4.90 Å². The quantitative estimate of drug-likeness (QED) is 0.173. The highest BCUT2D eigenvalue weighted by molar-refractivity contribution is 6.09. The maximum Gasteiger partial charge on any atom is 0.143 e. The van der Waals surface area contributed by atoms with E-state index in [9.17, 15) is 11.0 Å². The Balaban J connectivity index is 1.34. The van der Waals surface area contributed by atoms with Crippen molar-refractivity contribution in [1.29, 1.82) is 0 Å². The SMILES string of the molecule is [2H]c1c([2H])c(-c2c([2H])c([2H])c([2H])c3c([2H])c([2H])c([2H])c([2H])c23)c([2H])c(N(c2cccc(-c3cccc4ccccc34)c2)c2c([2H])c([2H])c(-c3c([2H])c([2H])c([2H])c4c3oc3c([2H])c([2H])c([2H])c([2H])c34)c([2H])c2[2H])c1[2H]. The van der Waals surface area contributed by atoms with E-state index in [4.69, 9.17) is 23.6 Å². The molecule has 2 nitrogen and oxygen atoms in total. The van der Waals surface area contributed by atoms with Crippen molar-refractivity contribution in [3.63, 3.8) is 0 Å². The van der Waals surface area contributed by atoms with E-state index >= 15 is 0 Å². The normalized spacial score (nSPS) is 17.4. The fraction of sp³-hybridized carbons (Fsp3) is 0. The van der Waals surface area contributed by atoms with Crippen LogP contribution in [0.2, 0.25) is 0 Å². The van der Waals surface area contributed by atoms with Crippen molar-refractivity contribution < 1.29 is 34.6 Å². The number of nitrogens with zero attached hydrogens (tertiary/aromatic N) is 1. The van der Waals surface area contributed by atoms with Crippen LogP contribution in [-0.4, -0.2) is 0 Å². The molecule has 0 atom stereocenters. The van der Waals surface area contributed by atoms with E-state index in [1.54, 1.807) is 18.2 Å². The summed E-state index contributed by atoms with van der Waals surface area (Å²) < 4.78 is 204. The topological polar surface area (TPSA) is 16.4 Å². The number of hydrogen-bond acceptors (Lipinski definition) is 2. The van der Waals surface area contributed by atoms with E-state index in [1.807, 2.05) is 42.5 Å². The number of anilines is 3.